The lowest BCUT2D eigenvalue weighted by atomic mass is 10.0. The fourth-order valence-electron chi connectivity index (χ4n) is 2.75. The molecule has 0 fully saturated rings. The molecule has 0 spiro atoms. The van der Waals surface area contributed by atoms with Gasteiger partial charge >= 0.3 is 0 Å². The van der Waals surface area contributed by atoms with E-state index in [1.165, 1.54) is 6.92 Å². The molecular weight excluding hydrogens is 360 g/mol. The van der Waals surface area contributed by atoms with E-state index in [1.807, 2.05) is 30.3 Å². The smallest absolute Gasteiger partial charge is 0.256 e. The van der Waals surface area contributed by atoms with Gasteiger partial charge < -0.3 is 20.9 Å². The number of hydrogen-bond donors (Lipinski definition) is 3. The maximum Gasteiger partial charge on any atom is 0.256 e. The minimum Gasteiger partial charge on any atom is -0.489 e. The van der Waals surface area contributed by atoms with E-state index in [2.05, 4.69) is 10.4 Å². The molecule has 1 aromatic carbocycles. The topological polar surface area (TPSA) is 119 Å². The number of pyridine rings is 1. The number of nitrogens with zero attached hydrogens (tertiary/aromatic N) is 2. The van der Waals surface area contributed by atoms with Gasteiger partial charge in [-0.3, -0.25) is 9.59 Å². The van der Waals surface area contributed by atoms with Crippen LogP contribution in [0.2, 0.25) is 0 Å². The normalized spacial score (nSPS) is 13.1. The van der Waals surface area contributed by atoms with Crippen molar-refractivity contribution in [3.05, 3.63) is 65.5 Å². The van der Waals surface area contributed by atoms with Gasteiger partial charge in [-0.25, -0.2) is 4.52 Å². The van der Waals surface area contributed by atoms with E-state index in [-0.39, 0.29) is 5.56 Å². The third-order valence-corrected chi connectivity index (χ3v) is 4.51. The predicted molar refractivity (Wildman–Crippen MR) is 103 cm³/mol. The van der Waals surface area contributed by atoms with Crippen LogP contribution in [-0.4, -0.2) is 38.7 Å². The van der Waals surface area contributed by atoms with E-state index in [9.17, 15) is 14.7 Å². The van der Waals surface area contributed by atoms with Crippen molar-refractivity contribution in [2.24, 2.45) is 5.73 Å². The number of benzene rings is 1. The van der Waals surface area contributed by atoms with Crippen LogP contribution in [0.25, 0.3) is 5.52 Å². The maximum atomic E-state index is 12.8. The number of aromatic nitrogens is 2. The summed E-state index contributed by atoms with van der Waals surface area (Å²) in [7, 11) is 0. The van der Waals surface area contributed by atoms with Gasteiger partial charge in [-0.1, -0.05) is 30.3 Å². The van der Waals surface area contributed by atoms with E-state index in [4.69, 9.17) is 10.5 Å². The maximum absolute atomic E-state index is 12.8. The lowest BCUT2D eigenvalue weighted by Gasteiger charge is -2.24. The van der Waals surface area contributed by atoms with E-state index in [0.717, 1.165) is 5.56 Å². The van der Waals surface area contributed by atoms with Gasteiger partial charge in [0.15, 0.2) is 0 Å². The Morgan fingerprint density at radius 2 is 2.00 bits per heavy atom. The Hall–Kier alpha value is -3.39. The highest BCUT2D eigenvalue weighted by molar-refractivity contribution is 6.04. The zero-order valence-corrected chi connectivity index (χ0v) is 15.7. The van der Waals surface area contributed by atoms with Crippen LogP contribution in [0.5, 0.6) is 5.75 Å². The van der Waals surface area contributed by atoms with Crippen molar-refractivity contribution in [1.82, 2.24) is 14.9 Å². The second-order valence-electron chi connectivity index (χ2n) is 6.74. The zero-order chi connectivity index (χ0) is 20.3. The first kappa shape index (κ1) is 19.4. The minimum atomic E-state index is -1.57. The number of carbonyl (C=O) groups excluding carboxylic acids is 2. The molecule has 8 nitrogen and oxygen atoms in total. The molecule has 146 valence electrons. The van der Waals surface area contributed by atoms with Crippen molar-refractivity contribution in [2.45, 2.75) is 26.0 Å². The summed E-state index contributed by atoms with van der Waals surface area (Å²) < 4.78 is 7.37. The van der Waals surface area contributed by atoms with Crippen molar-refractivity contribution in [1.29, 1.82) is 0 Å². The molecule has 3 aromatic rings. The van der Waals surface area contributed by atoms with Gasteiger partial charge in [0, 0.05) is 12.3 Å². The number of primary amides is 1. The van der Waals surface area contributed by atoms with Crippen molar-refractivity contribution in [2.75, 3.05) is 6.61 Å². The van der Waals surface area contributed by atoms with Crippen LogP contribution in [-0.2, 0) is 11.4 Å². The zero-order valence-electron chi connectivity index (χ0n) is 15.7. The van der Waals surface area contributed by atoms with E-state index in [0.29, 0.717) is 23.6 Å². The van der Waals surface area contributed by atoms with Gasteiger partial charge in [-0.15, -0.1) is 0 Å². The van der Waals surface area contributed by atoms with E-state index < -0.39 is 24.0 Å². The van der Waals surface area contributed by atoms with Crippen LogP contribution in [0.15, 0.2) is 48.7 Å². The molecule has 2 heterocycles. The van der Waals surface area contributed by atoms with Crippen molar-refractivity contribution in [3.63, 3.8) is 0 Å². The number of aliphatic hydroxyl groups excluding tert-OH is 1. The lowest BCUT2D eigenvalue weighted by molar-refractivity contribution is -0.124. The molecule has 0 radical (unpaired) electrons. The number of nitrogens with one attached hydrogen (secondary N) is 1. The fourth-order valence-corrected chi connectivity index (χ4v) is 2.75. The molecule has 0 bridgehead atoms. The van der Waals surface area contributed by atoms with Crippen LogP contribution in [0.4, 0.5) is 0 Å². The van der Waals surface area contributed by atoms with Gasteiger partial charge in [0.2, 0.25) is 5.91 Å². The van der Waals surface area contributed by atoms with E-state index in [1.54, 1.807) is 29.8 Å². The summed E-state index contributed by atoms with van der Waals surface area (Å²) in [5, 5.41) is 16.3. The highest BCUT2D eigenvalue weighted by atomic mass is 16.5. The predicted octanol–water partition coefficient (Wildman–Crippen LogP) is 1.19. The van der Waals surface area contributed by atoms with Crippen LogP contribution in [0.1, 0.15) is 28.5 Å². The highest BCUT2D eigenvalue weighted by Crippen LogP contribution is 2.22. The molecular formula is C20H22N4O4. The number of amides is 2. The fraction of sp³-hybridized carbons (Fsp3) is 0.250. The van der Waals surface area contributed by atoms with Crippen LogP contribution < -0.4 is 15.8 Å². The Balaban J connectivity index is 1.89. The molecule has 1 unspecified atom stereocenters. The molecule has 28 heavy (non-hydrogen) atoms. The van der Waals surface area contributed by atoms with Crippen molar-refractivity contribution in [3.8, 4) is 5.75 Å². The van der Waals surface area contributed by atoms with E-state index >= 15 is 0 Å². The molecule has 0 saturated carbocycles. The first-order valence-electron chi connectivity index (χ1n) is 8.73. The first-order chi connectivity index (χ1) is 13.3. The van der Waals surface area contributed by atoms with Crippen LogP contribution in [0, 0.1) is 6.92 Å². The molecule has 0 aliphatic heterocycles. The average Bonchev–Trinajstić information content (AvgIpc) is 3.02. The Bertz CT molecular complexity index is 1020. The SMILES string of the molecule is Cc1nn2ccc(OCc3ccccc3)cc2c1C(=O)NC(C)(CO)C(N)=O. The molecule has 0 saturated heterocycles. The number of aryl methyl sites for hydroxylation is 1. The number of nitrogens with two attached hydrogens (primary N) is 1. The number of fused-ring (bicyclic) bond motifs is 1. The molecule has 0 aliphatic carbocycles. The summed E-state index contributed by atoms with van der Waals surface area (Å²) in [6.07, 6.45) is 1.69. The Labute approximate surface area is 161 Å². The number of hydrogen-bond acceptors (Lipinski definition) is 5. The summed E-state index contributed by atoms with van der Waals surface area (Å²) in [5.41, 5.74) is 6.02. The minimum absolute atomic E-state index is 0.283. The third-order valence-electron chi connectivity index (χ3n) is 4.51. The molecule has 3 rings (SSSR count). The molecule has 0 aliphatic rings. The van der Waals surface area contributed by atoms with Gasteiger partial charge in [-0.2, -0.15) is 5.10 Å². The Kier molecular flexibility index (Phi) is 5.32. The van der Waals surface area contributed by atoms with Gasteiger partial charge in [0.1, 0.15) is 17.9 Å². The van der Waals surface area contributed by atoms with Crippen LogP contribution >= 0.6 is 0 Å². The number of ether oxygens (including phenoxy) is 1. The number of carbonyl (C=O) groups is 2. The third kappa shape index (κ3) is 3.81. The second-order valence-corrected chi connectivity index (χ2v) is 6.74. The average molecular weight is 382 g/mol. The van der Waals surface area contributed by atoms with Gasteiger partial charge in [0.05, 0.1) is 23.4 Å². The Morgan fingerprint density at radius 1 is 1.29 bits per heavy atom. The molecule has 4 N–H and O–H groups in total. The first-order valence-corrected chi connectivity index (χ1v) is 8.73. The van der Waals surface area contributed by atoms with Gasteiger partial charge in [-0.05, 0) is 25.5 Å². The summed E-state index contributed by atoms with van der Waals surface area (Å²) in [6, 6.07) is 13.2. The highest BCUT2D eigenvalue weighted by Gasteiger charge is 2.33. The summed E-state index contributed by atoms with van der Waals surface area (Å²) in [6.45, 7) is 2.82. The van der Waals surface area contributed by atoms with Crippen molar-refractivity contribution < 1.29 is 19.4 Å². The number of aliphatic hydroxyl groups is 1. The lowest BCUT2D eigenvalue weighted by Crippen LogP contribution is -2.57. The standard InChI is InChI=1S/C20H22N4O4/c1-13-17(18(26)22-20(2,12-25)19(21)27)16-10-15(8-9-24(16)23-13)28-11-14-6-4-3-5-7-14/h3-10,25H,11-12H2,1-2H3,(H2,21,27)(H,22,26). The summed E-state index contributed by atoms with van der Waals surface area (Å²) in [4.78, 5) is 24.4. The van der Waals surface area contributed by atoms with Crippen molar-refractivity contribution >= 4 is 17.3 Å². The van der Waals surface area contributed by atoms with Gasteiger partial charge in [0.25, 0.3) is 5.91 Å². The molecule has 8 heteroatoms. The largest absolute Gasteiger partial charge is 0.489 e. The summed E-state index contributed by atoms with van der Waals surface area (Å²) in [5.74, 6) is -0.808. The second kappa shape index (κ2) is 7.69. The molecule has 1 atom stereocenters. The molecule has 2 aromatic heterocycles. The quantitative estimate of drug-likeness (QED) is 0.567. The number of rotatable bonds is 7. The molecule has 2 amide bonds. The summed E-state index contributed by atoms with van der Waals surface area (Å²) >= 11 is 0. The Morgan fingerprint density at radius 3 is 2.64 bits per heavy atom. The van der Waals surface area contributed by atoms with Crippen LogP contribution in [0.3, 0.4) is 0 Å². The monoisotopic (exact) mass is 382 g/mol.